The number of pyridine rings is 1. The summed E-state index contributed by atoms with van der Waals surface area (Å²) < 4.78 is 10.6. The van der Waals surface area contributed by atoms with Gasteiger partial charge in [-0.3, -0.25) is 4.79 Å². The van der Waals surface area contributed by atoms with E-state index < -0.39 is 0 Å². The van der Waals surface area contributed by atoms with Crippen molar-refractivity contribution in [2.75, 3.05) is 20.2 Å². The van der Waals surface area contributed by atoms with Crippen LogP contribution in [-0.2, 0) is 0 Å². The molecular formula is C21H23N3O3. The molecule has 1 saturated heterocycles. The monoisotopic (exact) mass is 365 g/mol. The third-order valence-electron chi connectivity index (χ3n) is 5.18. The lowest BCUT2D eigenvalue weighted by Gasteiger charge is -2.31. The van der Waals surface area contributed by atoms with E-state index in [1.165, 1.54) is 6.42 Å². The van der Waals surface area contributed by atoms with Gasteiger partial charge in [0.2, 0.25) is 0 Å². The average Bonchev–Trinajstić information content (AvgIpc) is 3.08. The van der Waals surface area contributed by atoms with Crippen LogP contribution in [0.3, 0.4) is 0 Å². The third-order valence-corrected chi connectivity index (χ3v) is 5.18. The maximum Gasteiger partial charge on any atom is 0.259 e. The van der Waals surface area contributed by atoms with Crippen LogP contribution in [0.4, 0.5) is 0 Å². The zero-order valence-electron chi connectivity index (χ0n) is 15.9. The van der Waals surface area contributed by atoms with Crippen molar-refractivity contribution in [1.29, 1.82) is 0 Å². The Kier molecular flexibility index (Phi) is 4.56. The number of rotatable bonds is 3. The fraction of sp³-hybridized carbons (Fsp3) is 0.381. The molecule has 0 saturated carbocycles. The number of hydrogen-bond donors (Lipinski definition) is 0. The third kappa shape index (κ3) is 3.27. The zero-order valence-corrected chi connectivity index (χ0v) is 15.9. The van der Waals surface area contributed by atoms with Crippen LogP contribution >= 0.6 is 0 Å². The minimum Gasteiger partial charge on any atom is -0.497 e. The predicted molar refractivity (Wildman–Crippen MR) is 103 cm³/mol. The molecule has 140 valence electrons. The number of nitrogens with zero attached hydrogens (tertiary/aromatic N) is 3. The summed E-state index contributed by atoms with van der Waals surface area (Å²) >= 11 is 0. The van der Waals surface area contributed by atoms with E-state index >= 15 is 0 Å². The Morgan fingerprint density at radius 2 is 2.07 bits per heavy atom. The molecule has 1 aromatic carbocycles. The summed E-state index contributed by atoms with van der Waals surface area (Å²) in [6.45, 7) is 5.60. The highest BCUT2D eigenvalue weighted by atomic mass is 16.5. The predicted octanol–water partition coefficient (Wildman–Crippen LogP) is 4.08. The van der Waals surface area contributed by atoms with Gasteiger partial charge in [-0.15, -0.1) is 0 Å². The Morgan fingerprint density at radius 3 is 2.78 bits per heavy atom. The summed E-state index contributed by atoms with van der Waals surface area (Å²) in [5, 5.41) is 4.74. The van der Waals surface area contributed by atoms with Crippen molar-refractivity contribution in [2.24, 2.45) is 5.92 Å². The lowest BCUT2D eigenvalue weighted by molar-refractivity contribution is 0.0685. The SMILES string of the molecule is COc1ccc(-c2cc(C(=O)N3CCC[C@@H](C)C3)c3c(C)noc3n2)cc1. The molecule has 0 unspecified atom stereocenters. The Balaban J connectivity index is 1.80. The van der Waals surface area contributed by atoms with Crippen molar-refractivity contribution in [3.05, 3.63) is 41.6 Å². The molecule has 3 aromatic rings. The molecule has 1 fully saturated rings. The van der Waals surface area contributed by atoms with E-state index in [-0.39, 0.29) is 5.91 Å². The van der Waals surface area contributed by atoms with Crippen LogP contribution in [0.1, 0.15) is 35.8 Å². The van der Waals surface area contributed by atoms with Gasteiger partial charge in [0.25, 0.3) is 11.6 Å². The number of piperidine rings is 1. The van der Waals surface area contributed by atoms with E-state index in [0.29, 0.717) is 34.0 Å². The molecule has 0 aliphatic carbocycles. The molecule has 2 aromatic heterocycles. The van der Waals surface area contributed by atoms with Gasteiger partial charge in [-0.25, -0.2) is 4.98 Å². The standard InChI is InChI=1S/C21H23N3O3/c1-13-5-4-10-24(12-13)21(25)17-11-18(15-6-8-16(26-3)9-7-15)22-20-19(17)14(2)23-27-20/h6-9,11,13H,4-5,10,12H2,1-3H3/t13-/m1/s1. The number of ether oxygens (including phenoxy) is 1. The number of hydrogen-bond acceptors (Lipinski definition) is 5. The summed E-state index contributed by atoms with van der Waals surface area (Å²) in [6, 6.07) is 9.46. The van der Waals surface area contributed by atoms with Crippen molar-refractivity contribution in [1.82, 2.24) is 15.0 Å². The van der Waals surface area contributed by atoms with Gasteiger partial charge in [-0.1, -0.05) is 12.1 Å². The lowest BCUT2D eigenvalue weighted by Crippen LogP contribution is -2.39. The van der Waals surface area contributed by atoms with Crippen LogP contribution in [0.25, 0.3) is 22.4 Å². The van der Waals surface area contributed by atoms with Gasteiger partial charge in [-0.05, 0) is 56.0 Å². The van der Waals surface area contributed by atoms with E-state index in [0.717, 1.165) is 30.8 Å². The van der Waals surface area contributed by atoms with Gasteiger partial charge in [0, 0.05) is 18.7 Å². The summed E-state index contributed by atoms with van der Waals surface area (Å²) in [4.78, 5) is 19.8. The van der Waals surface area contributed by atoms with Gasteiger partial charge in [0.1, 0.15) is 5.75 Å². The van der Waals surface area contributed by atoms with Crippen molar-refractivity contribution in [3.8, 4) is 17.0 Å². The van der Waals surface area contributed by atoms with Crippen LogP contribution in [0.5, 0.6) is 5.75 Å². The van der Waals surface area contributed by atoms with E-state index in [1.807, 2.05) is 42.2 Å². The van der Waals surface area contributed by atoms with Gasteiger partial charge in [0.05, 0.1) is 29.4 Å². The van der Waals surface area contributed by atoms with Crippen LogP contribution in [0.2, 0.25) is 0 Å². The second kappa shape index (κ2) is 7.02. The molecule has 0 spiro atoms. The van der Waals surface area contributed by atoms with Crippen molar-refractivity contribution >= 4 is 17.0 Å². The number of fused-ring (bicyclic) bond motifs is 1. The number of carbonyl (C=O) groups excluding carboxylic acids is 1. The number of aryl methyl sites for hydroxylation is 1. The Morgan fingerprint density at radius 1 is 1.30 bits per heavy atom. The minimum absolute atomic E-state index is 0.0232. The van der Waals surface area contributed by atoms with Crippen LogP contribution < -0.4 is 4.74 Å². The molecule has 6 heteroatoms. The smallest absolute Gasteiger partial charge is 0.259 e. The lowest BCUT2D eigenvalue weighted by atomic mass is 9.98. The molecule has 3 heterocycles. The molecule has 0 bridgehead atoms. The maximum absolute atomic E-state index is 13.3. The van der Waals surface area contributed by atoms with Gasteiger partial charge >= 0.3 is 0 Å². The minimum atomic E-state index is 0.0232. The topological polar surface area (TPSA) is 68.5 Å². The van der Waals surface area contributed by atoms with Gasteiger partial charge < -0.3 is 14.2 Å². The van der Waals surface area contributed by atoms with Crippen LogP contribution in [-0.4, -0.2) is 41.1 Å². The highest BCUT2D eigenvalue weighted by Crippen LogP contribution is 2.30. The second-order valence-corrected chi connectivity index (χ2v) is 7.23. The first-order chi connectivity index (χ1) is 13.1. The zero-order chi connectivity index (χ0) is 19.0. The number of methoxy groups -OCH3 is 1. The average molecular weight is 365 g/mol. The molecule has 0 radical (unpaired) electrons. The Bertz CT molecular complexity index is 978. The molecule has 27 heavy (non-hydrogen) atoms. The second-order valence-electron chi connectivity index (χ2n) is 7.23. The summed E-state index contributed by atoms with van der Waals surface area (Å²) in [7, 11) is 1.63. The molecule has 1 aliphatic rings. The number of carbonyl (C=O) groups is 1. The first-order valence-corrected chi connectivity index (χ1v) is 9.27. The van der Waals surface area contributed by atoms with E-state index in [2.05, 4.69) is 17.1 Å². The van der Waals surface area contributed by atoms with Gasteiger partial charge in [-0.2, -0.15) is 0 Å². The molecular weight excluding hydrogens is 342 g/mol. The van der Waals surface area contributed by atoms with Crippen molar-refractivity contribution in [2.45, 2.75) is 26.7 Å². The summed E-state index contributed by atoms with van der Waals surface area (Å²) in [5.41, 5.74) is 3.28. The fourth-order valence-corrected chi connectivity index (χ4v) is 3.72. The molecule has 1 aliphatic heterocycles. The van der Waals surface area contributed by atoms with E-state index in [9.17, 15) is 4.79 Å². The highest BCUT2D eigenvalue weighted by Gasteiger charge is 2.26. The highest BCUT2D eigenvalue weighted by molar-refractivity contribution is 6.07. The summed E-state index contributed by atoms with van der Waals surface area (Å²) in [6.07, 6.45) is 2.20. The van der Waals surface area contributed by atoms with Crippen molar-refractivity contribution in [3.63, 3.8) is 0 Å². The van der Waals surface area contributed by atoms with Crippen molar-refractivity contribution < 1.29 is 14.1 Å². The molecule has 1 amide bonds. The first-order valence-electron chi connectivity index (χ1n) is 9.27. The maximum atomic E-state index is 13.3. The first kappa shape index (κ1) is 17.5. The number of benzene rings is 1. The number of likely N-dealkylation sites (tertiary alicyclic amines) is 1. The summed E-state index contributed by atoms with van der Waals surface area (Å²) in [5.74, 6) is 1.31. The Hall–Kier alpha value is -2.89. The van der Waals surface area contributed by atoms with E-state index in [1.54, 1.807) is 7.11 Å². The van der Waals surface area contributed by atoms with Crippen LogP contribution in [0.15, 0.2) is 34.9 Å². The molecule has 0 N–H and O–H groups in total. The Labute approximate surface area is 158 Å². The quantitative estimate of drug-likeness (QED) is 0.699. The van der Waals surface area contributed by atoms with Gasteiger partial charge in [0.15, 0.2) is 0 Å². The number of amides is 1. The number of aromatic nitrogens is 2. The van der Waals surface area contributed by atoms with Crippen LogP contribution in [0, 0.1) is 12.8 Å². The fourth-order valence-electron chi connectivity index (χ4n) is 3.72. The molecule has 4 rings (SSSR count). The molecule has 1 atom stereocenters. The largest absolute Gasteiger partial charge is 0.497 e. The molecule has 6 nitrogen and oxygen atoms in total. The normalized spacial score (nSPS) is 17.3. The van der Waals surface area contributed by atoms with E-state index in [4.69, 9.17) is 9.26 Å².